The minimum atomic E-state index is -0.363. The summed E-state index contributed by atoms with van der Waals surface area (Å²) in [5.41, 5.74) is 2.95. The smallest absolute Gasteiger partial charge is 0.337 e. The average Bonchev–Trinajstić information content (AvgIpc) is 2.78. The average molecular weight is 380 g/mol. The Morgan fingerprint density at radius 2 is 1.79 bits per heavy atom. The second-order valence-electron chi connectivity index (χ2n) is 7.08. The Morgan fingerprint density at radius 3 is 2.57 bits per heavy atom. The molecule has 6 heteroatoms. The molecule has 2 aromatic rings. The summed E-state index contributed by atoms with van der Waals surface area (Å²) in [6.45, 7) is 2.82. The number of piperidine rings is 1. The van der Waals surface area contributed by atoms with Gasteiger partial charge in [-0.3, -0.25) is 4.79 Å². The van der Waals surface area contributed by atoms with Crippen LogP contribution in [-0.2, 0) is 4.74 Å². The third kappa shape index (κ3) is 3.54. The molecule has 1 amide bonds. The van der Waals surface area contributed by atoms with Gasteiger partial charge in [0.05, 0.1) is 24.9 Å². The summed E-state index contributed by atoms with van der Waals surface area (Å²) < 4.78 is 10.7. The first-order chi connectivity index (χ1) is 13.7. The third-order valence-electron chi connectivity index (χ3n) is 5.29. The molecule has 1 saturated heterocycles. The molecule has 0 radical (unpaired) electrons. The van der Waals surface area contributed by atoms with Gasteiger partial charge in [-0.25, -0.2) is 4.79 Å². The van der Waals surface area contributed by atoms with E-state index in [1.807, 2.05) is 41.3 Å². The van der Waals surface area contributed by atoms with Crippen molar-refractivity contribution in [3.8, 4) is 5.75 Å². The van der Waals surface area contributed by atoms with Gasteiger partial charge in [0.2, 0.25) is 0 Å². The molecule has 1 fully saturated rings. The number of benzene rings is 2. The van der Waals surface area contributed by atoms with E-state index >= 15 is 0 Å². The second-order valence-corrected chi connectivity index (χ2v) is 7.08. The van der Waals surface area contributed by atoms with Crippen molar-refractivity contribution in [2.75, 3.05) is 38.3 Å². The van der Waals surface area contributed by atoms with Crippen LogP contribution < -0.4 is 9.64 Å². The third-order valence-corrected chi connectivity index (χ3v) is 5.29. The van der Waals surface area contributed by atoms with Crippen LogP contribution in [0.3, 0.4) is 0 Å². The fourth-order valence-electron chi connectivity index (χ4n) is 3.82. The van der Waals surface area contributed by atoms with E-state index < -0.39 is 0 Å². The molecule has 0 bridgehead atoms. The molecule has 0 aliphatic carbocycles. The Bertz CT molecular complexity index is 890. The quantitative estimate of drug-likeness (QED) is 0.761. The van der Waals surface area contributed by atoms with Crippen LogP contribution in [-0.4, -0.2) is 50.1 Å². The maximum atomic E-state index is 12.8. The van der Waals surface area contributed by atoms with Gasteiger partial charge >= 0.3 is 5.97 Å². The number of anilines is 2. The number of fused-ring (bicyclic) bond motifs is 1. The minimum absolute atomic E-state index is 0.0657. The van der Waals surface area contributed by atoms with Crippen molar-refractivity contribution in [1.82, 2.24) is 4.90 Å². The van der Waals surface area contributed by atoms with Gasteiger partial charge in [0.1, 0.15) is 12.4 Å². The molecule has 2 heterocycles. The molecule has 146 valence electrons. The number of esters is 1. The van der Waals surface area contributed by atoms with Crippen LogP contribution in [0, 0.1) is 0 Å². The summed E-state index contributed by atoms with van der Waals surface area (Å²) in [6, 6.07) is 13.0. The maximum Gasteiger partial charge on any atom is 0.337 e. The van der Waals surface area contributed by atoms with E-state index in [2.05, 4.69) is 4.90 Å². The molecule has 2 aliphatic heterocycles. The van der Waals surface area contributed by atoms with Crippen molar-refractivity contribution >= 4 is 23.3 Å². The van der Waals surface area contributed by atoms with Crippen LogP contribution in [0.5, 0.6) is 5.75 Å². The van der Waals surface area contributed by atoms with Gasteiger partial charge in [0.15, 0.2) is 0 Å². The molecule has 0 atom stereocenters. The number of hydrogen-bond donors (Lipinski definition) is 0. The minimum Gasteiger partial charge on any atom is -0.490 e. The van der Waals surface area contributed by atoms with Crippen LogP contribution in [0.2, 0.25) is 0 Å². The molecular weight excluding hydrogens is 356 g/mol. The first-order valence-corrected chi connectivity index (χ1v) is 9.69. The van der Waals surface area contributed by atoms with Crippen LogP contribution in [0.25, 0.3) is 0 Å². The highest BCUT2D eigenvalue weighted by Gasteiger charge is 2.24. The summed E-state index contributed by atoms with van der Waals surface area (Å²) in [6.07, 6.45) is 3.33. The summed E-state index contributed by atoms with van der Waals surface area (Å²) in [4.78, 5) is 28.7. The Hall–Kier alpha value is -3.02. The number of rotatable bonds is 3. The van der Waals surface area contributed by atoms with E-state index in [1.165, 1.54) is 13.5 Å². The van der Waals surface area contributed by atoms with Gasteiger partial charge in [-0.15, -0.1) is 0 Å². The van der Waals surface area contributed by atoms with Gasteiger partial charge in [-0.2, -0.15) is 0 Å². The Balaban J connectivity index is 1.62. The van der Waals surface area contributed by atoms with Crippen molar-refractivity contribution < 1.29 is 19.1 Å². The fourth-order valence-corrected chi connectivity index (χ4v) is 3.82. The zero-order valence-electron chi connectivity index (χ0n) is 16.0. The zero-order chi connectivity index (χ0) is 19.5. The van der Waals surface area contributed by atoms with Crippen LogP contribution in [0.1, 0.15) is 40.0 Å². The zero-order valence-corrected chi connectivity index (χ0v) is 16.0. The van der Waals surface area contributed by atoms with Gasteiger partial charge in [0.25, 0.3) is 5.91 Å². The highest BCUT2D eigenvalue weighted by atomic mass is 16.5. The molecule has 2 aromatic carbocycles. The fraction of sp³-hybridized carbons (Fsp3) is 0.364. The molecule has 0 N–H and O–H groups in total. The van der Waals surface area contributed by atoms with E-state index in [0.29, 0.717) is 30.0 Å². The number of amides is 1. The van der Waals surface area contributed by atoms with Crippen LogP contribution in [0.4, 0.5) is 11.4 Å². The Morgan fingerprint density at radius 1 is 0.964 bits per heavy atom. The van der Waals surface area contributed by atoms with Gasteiger partial charge in [-0.05, 0) is 55.7 Å². The Labute approximate surface area is 164 Å². The van der Waals surface area contributed by atoms with E-state index in [4.69, 9.17) is 9.47 Å². The van der Waals surface area contributed by atoms with Gasteiger partial charge in [0, 0.05) is 24.3 Å². The normalized spacial score (nSPS) is 16.2. The molecule has 6 nitrogen and oxygen atoms in total. The summed E-state index contributed by atoms with van der Waals surface area (Å²) in [5.74, 6) is 0.395. The van der Waals surface area contributed by atoms with Crippen LogP contribution in [0.15, 0.2) is 42.5 Å². The SMILES string of the molecule is COC(=O)c1cccc(N2CCOc3cc(C(=O)N4CCCCC4)ccc32)c1. The molecule has 4 rings (SSSR count). The van der Waals surface area contributed by atoms with E-state index in [1.54, 1.807) is 6.07 Å². The first kappa shape index (κ1) is 18.3. The lowest BCUT2D eigenvalue weighted by atomic mass is 10.1. The molecule has 0 spiro atoms. The summed E-state index contributed by atoms with van der Waals surface area (Å²) in [5, 5.41) is 0. The Kier molecular flexibility index (Phi) is 5.19. The lowest BCUT2D eigenvalue weighted by Crippen LogP contribution is -2.35. The molecule has 0 saturated carbocycles. The monoisotopic (exact) mass is 380 g/mol. The lowest BCUT2D eigenvalue weighted by molar-refractivity contribution is 0.0600. The summed E-state index contributed by atoms with van der Waals surface area (Å²) in [7, 11) is 1.37. The number of ether oxygens (including phenoxy) is 2. The van der Waals surface area contributed by atoms with Gasteiger partial charge in [-0.1, -0.05) is 6.07 Å². The number of nitrogens with zero attached hydrogens (tertiary/aromatic N) is 2. The summed E-state index contributed by atoms with van der Waals surface area (Å²) >= 11 is 0. The van der Waals surface area contributed by atoms with Crippen molar-refractivity contribution in [3.05, 3.63) is 53.6 Å². The molecule has 0 aromatic heterocycles. The number of likely N-dealkylation sites (tertiary alicyclic amines) is 1. The molecule has 28 heavy (non-hydrogen) atoms. The molecular formula is C22H24N2O4. The predicted molar refractivity (Wildman–Crippen MR) is 106 cm³/mol. The number of hydrogen-bond acceptors (Lipinski definition) is 5. The first-order valence-electron chi connectivity index (χ1n) is 9.69. The topological polar surface area (TPSA) is 59.1 Å². The number of carbonyl (C=O) groups is 2. The highest BCUT2D eigenvalue weighted by Crippen LogP contribution is 2.37. The molecule has 0 unspecified atom stereocenters. The van der Waals surface area contributed by atoms with Crippen molar-refractivity contribution in [2.24, 2.45) is 0 Å². The van der Waals surface area contributed by atoms with Crippen LogP contribution >= 0.6 is 0 Å². The maximum absolute atomic E-state index is 12.8. The van der Waals surface area contributed by atoms with Crippen molar-refractivity contribution in [1.29, 1.82) is 0 Å². The predicted octanol–water partition coefficient (Wildman–Crippen LogP) is 3.63. The largest absolute Gasteiger partial charge is 0.490 e. The number of methoxy groups -OCH3 is 1. The van der Waals surface area contributed by atoms with Crippen molar-refractivity contribution in [3.63, 3.8) is 0 Å². The van der Waals surface area contributed by atoms with E-state index in [-0.39, 0.29) is 11.9 Å². The van der Waals surface area contributed by atoms with E-state index in [9.17, 15) is 9.59 Å². The highest BCUT2D eigenvalue weighted by molar-refractivity contribution is 5.96. The van der Waals surface area contributed by atoms with Gasteiger partial charge < -0.3 is 19.3 Å². The van der Waals surface area contributed by atoms with Crippen molar-refractivity contribution in [2.45, 2.75) is 19.3 Å². The number of carbonyl (C=O) groups excluding carboxylic acids is 2. The van der Waals surface area contributed by atoms with E-state index in [0.717, 1.165) is 37.3 Å². The standard InChI is InChI=1S/C22H24N2O4/c1-27-22(26)17-6-5-7-18(14-17)24-12-13-28-20-15-16(8-9-19(20)24)21(25)23-10-3-2-4-11-23/h5-9,14-15H,2-4,10-13H2,1H3. The second kappa shape index (κ2) is 7.92. The molecule has 2 aliphatic rings. The lowest BCUT2D eigenvalue weighted by Gasteiger charge is -2.32.